The molecule has 0 radical (unpaired) electrons. The van der Waals surface area contributed by atoms with Gasteiger partial charge in [0.1, 0.15) is 0 Å². The second-order valence-electron chi connectivity index (χ2n) is 1.41. The minimum absolute atomic E-state index is 0.360. The average molecular weight is 187 g/mol. The van der Waals surface area contributed by atoms with Crippen LogP contribution in [0.5, 0.6) is 0 Å². The molecule has 1 heterocycles. The predicted octanol–water partition coefficient (Wildman–Crippen LogP) is 0.586. The number of allylic oxidation sites excluding steroid dienone is 2. The molecule has 1 heteroatoms. The minimum atomic E-state index is -0.360. The van der Waals surface area contributed by atoms with Crippen LogP contribution in [0.4, 0.5) is 0 Å². The van der Waals surface area contributed by atoms with E-state index < -0.39 is 0 Å². The Morgan fingerprint density at radius 3 is 2.00 bits per heavy atom. The van der Waals surface area contributed by atoms with E-state index in [-0.39, 0.29) is 21.1 Å². The number of hydrogen-bond acceptors (Lipinski definition) is 0. The zero-order valence-corrected chi connectivity index (χ0v) is 7.76. The van der Waals surface area contributed by atoms with Crippen LogP contribution in [-0.4, -0.2) is 21.1 Å². The van der Waals surface area contributed by atoms with Gasteiger partial charge in [0.05, 0.1) is 0 Å². The summed E-state index contributed by atoms with van der Waals surface area (Å²) in [6.07, 6.45) is 5.74. The summed E-state index contributed by atoms with van der Waals surface area (Å²) in [7, 11) is 0. The Labute approximate surface area is 48.2 Å². The van der Waals surface area contributed by atoms with Crippen LogP contribution < -0.4 is 0 Å². The molecule has 0 aliphatic carbocycles. The van der Waals surface area contributed by atoms with Gasteiger partial charge in [-0.1, -0.05) is 0 Å². The summed E-state index contributed by atoms with van der Waals surface area (Å²) in [5, 5.41) is 0. The summed E-state index contributed by atoms with van der Waals surface area (Å²) in [5.74, 6) is 0. The van der Waals surface area contributed by atoms with E-state index >= 15 is 0 Å². The molecule has 0 amide bonds. The molecule has 0 saturated carbocycles. The number of hydrogen-bond donors (Lipinski definition) is 0. The van der Waals surface area contributed by atoms with E-state index in [1.807, 2.05) is 0 Å². The fourth-order valence-electron chi connectivity index (χ4n) is 0.542. The first-order valence-electron chi connectivity index (χ1n) is 2.30. The molecule has 0 spiro atoms. The molecule has 0 aromatic carbocycles. The van der Waals surface area contributed by atoms with Gasteiger partial charge in [0.15, 0.2) is 0 Å². The summed E-state index contributed by atoms with van der Waals surface area (Å²) in [4.78, 5) is 0. The van der Waals surface area contributed by atoms with Gasteiger partial charge in [-0.15, -0.1) is 0 Å². The second kappa shape index (κ2) is 2.45. The maximum atomic E-state index is 2.39. The standard InChI is InChI=1S/C5H6.Sn.2H/c1-3-5-4-2;;;/h1-4H,5H2;;;. The molecule has 6 heavy (non-hydrogen) atoms. The normalized spacial score (nSPS) is 18.7. The molecule has 1 rings (SSSR count). The third-order valence-corrected chi connectivity index (χ3v) is 4.33. The SMILES string of the molecule is C1=[CH][SnH2][CH]=CC1. The van der Waals surface area contributed by atoms with E-state index in [1.165, 1.54) is 6.42 Å². The Kier molecular flexibility index (Phi) is 1.81. The van der Waals surface area contributed by atoms with E-state index in [0.717, 1.165) is 0 Å². The molecule has 0 N–H and O–H groups in total. The fraction of sp³-hybridized carbons (Fsp3) is 0.200. The van der Waals surface area contributed by atoms with Crippen LogP contribution in [0.3, 0.4) is 0 Å². The van der Waals surface area contributed by atoms with Gasteiger partial charge in [0.2, 0.25) is 0 Å². The summed E-state index contributed by atoms with van der Waals surface area (Å²) < 4.78 is 4.78. The van der Waals surface area contributed by atoms with Gasteiger partial charge in [-0.2, -0.15) is 0 Å². The molecule has 0 aromatic heterocycles. The van der Waals surface area contributed by atoms with Gasteiger partial charge in [0, 0.05) is 0 Å². The van der Waals surface area contributed by atoms with Gasteiger partial charge in [-0.25, -0.2) is 0 Å². The molecule has 0 unspecified atom stereocenters. The molecule has 0 fully saturated rings. The van der Waals surface area contributed by atoms with Crippen molar-refractivity contribution in [1.29, 1.82) is 0 Å². The molecule has 0 bridgehead atoms. The maximum absolute atomic E-state index is 2.39. The van der Waals surface area contributed by atoms with Crippen LogP contribution in [0.25, 0.3) is 0 Å². The molecule has 1 aliphatic heterocycles. The van der Waals surface area contributed by atoms with E-state index in [1.54, 1.807) is 0 Å². The van der Waals surface area contributed by atoms with Gasteiger partial charge < -0.3 is 0 Å². The van der Waals surface area contributed by atoms with E-state index in [9.17, 15) is 0 Å². The van der Waals surface area contributed by atoms with Crippen molar-refractivity contribution in [1.82, 2.24) is 0 Å². The van der Waals surface area contributed by atoms with Crippen LogP contribution >= 0.6 is 0 Å². The Morgan fingerprint density at radius 2 is 1.83 bits per heavy atom. The molecule has 0 aromatic rings. The zero-order valence-electron chi connectivity index (χ0n) is 3.72. The molecule has 0 saturated heterocycles. The van der Waals surface area contributed by atoms with Crippen LogP contribution in [0.2, 0.25) is 0 Å². The molecule has 1 aliphatic rings. The van der Waals surface area contributed by atoms with Crippen LogP contribution in [-0.2, 0) is 0 Å². The van der Waals surface area contributed by atoms with Crippen molar-refractivity contribution in [2.45, 2.75) is 6.42 Å². The first-order chi connectivity index (χ1) is 3.00. The van der Waals surface area contributed by atoms with Gasteiger partial charge in [-0.3, -0.25) is 0 Å². The van der Waals surface area contributed by atoms with Crippen molar-refractivity contribution in [3.05, 3.63) is 20.3 Å². The van der Waals surface area contributed by atoms with Crippen molar-refractivity contribution < 1.29 is 0 Å². The van der Waals surface area contributed by atoms with Crippen LogP contribution in [0.1, 0.15) is 6.42 Å². The Bertz CT molecular complexity index is 61.9. The second-order valence-corrected chi connectivity index (χ2v) is 5.45. The molecule has 0 atom stereocenters. The van der Waals surface area contributed by atoms with Gasteiger partial charge >= 0.3 is 47.9 Å². The zero-order chi connectivity index (χ0) is 4.24. The summed E-state index contributed by atoms with van der Waals surface area (Å²) in [6, 6.07) is 0. The molecule has 32 valence electrons. The fourth-order valence-corrected chi connectivity index (χ4v) is 3.19. The molecule has 0 nitrogen and oxygen atoms in total. The monoisotopic (exact) mass is 188 g/mol. The van der Waals surface area contributed by atoms with Crippen molar-refractivity contribution in [2.75, 3.05) is 0 Å². The van der Waals surface area contributed by atoms with Crippen molar-refractivity contribution in [3.63, 3.8) is 0 Å². The first kappa shape index (κ1) is 4.44. The average Bonchev–Trinajstić information content (AvgIpc) is 1.72. The quantitative estimate of drug-likeness (QED) is 0.486. The van der Waals surface area contributed by atoms with Gasteiger partial charge in [0.25, 0.3) is 0 Å². The van der Waals surface area contributed by atoms with E-state index in [0.29, 0.717) is 0 Å². The topological polar surface area (TPSA) is 0 Å². The molecular weight excluding hydrogens is 179 g/mol. The van der Waals surface area contributed by atoms with Crippen molar-refractivity contribution in [3.8, 4) is 0 Å². The Balaban J connectivity index is 2.40. The van der Waals surface area contributed by atoms with Crippen molar-refractivity contribution >= 4 is 21.1 Å². The van der Waals surface area contributed by atoms with Gasteiger partial charge in [-0.05, 0) is 0 Å². The number of rotatable bonds is 0. The van der Waals surface area contributed by atoms with E-state index in [2.05, 4.69) is 20.3 Å². The predicted molar refractivity (Wildman–Crippen MR) is 31.4 cm³/mol. The third kappa shape index (κ3) is 1.17. The third-order valence-electron chi connectivity index (χ3n) is 0.878. The first-order valence-corrected chi connectivity index (χ1v) is 6.96. The Hall–Kier alpha value is 0.279. The van der Waals surface area contributed by atoms with E-state index in [4.69, 9.17) is 0 Å². The molecular formula is C5H8Sn. The van der Waals surface area contributed by atoms with Crippen molar-refractivity contribution in [2.24, 2.45) is 0 Å². The summed E-state index contributed by atoms with van der Waals surface area (Å²) in [5.41, 5.74) is 0. The summed E-state index contributed by atoms with van der Waals surface area (Å²) in [6.45, 7) is 0. The summed E-state index contributed by atoms with van der Waals surface area (Å²) >= 11 is -0.360. The van der Waals surface area contributed by atoms with Crippen LogP contribution in [0.15, 0.2) is 20.3 Å². The van der Waals surface area contributed by atoms with Crippen LogP contribution in [0, 0.1) is 0 Å². The Morgan fingerprint density at radius 1 is 1.17 bits per heavy atom.